The molecular weight excluding hydrogens is 259 g/mol. The number of thiocarbonyl (C=S) groups is 1. The maximum absolute atomic E-state index is 13.7. The highest BCUT2D eigenvalue weighted by Gasteiger charge is 2.13. The van der Waals surface area contributed by atoms with Crippen molar-refractivity contribution in [2.75, 3.05) is 7.05 Å². The van der Waals surface area contributed by atoms with Crippen LogP contribution in [0.5, 0.6) is 0 Å². The third-order valence-electron chi connectivity index (χ3n) is 2.70. The molecule has 1 rings (SSSR count). The Bertz CT molecular complexity index is 411. The molecule has 0 saturated heterocycles. The number of hydrogen-bond acceptors (Lipinski definition) is 2. The molecule has 0 aliphatic rings. The molecule has 5 heteroatoms. The number of nitrogens with two attached hydrogens (primary N) is 1. The van der Waals surface area contributed by atoms with E-state index >= 15 is 0 Å². The molecule has 0 aliphatic carbocycles. The molecule has 0 saturated carbocycles. The lowest BCUT2D eigenvalue weighted by molar-refractivity contribution is 0.252. The molecule has 0 fully saturated rings. The zero-order valence-corrected chi connectivity index (χ0v) is 11.5. The fourth-order valence-electron chi connectivity index (χ4n) is 1.54. The van der Waals surface area contributed by atoms with Gasteiger partial charge in [0.1, 0.15) is 5.82 Å². The molecule has 2 nitrogen and oxygen atoms in total. The van der Waals surface area contributed by atoms with Gasteiger partial charge in [0.05, 0.1) is 10.0 Å². The van der Waals surface area contributed by atoms with Gasteiger partial charge in [-0.1, -0.05) is 36.0 Å². The van der Waals surface area contributed by atoms with Gasteiger partial charge in [0.25, 0.3) is 0 Å². The quantitative estimate of drug-likeness (QED) is 0.837. The minimum Gasteiger partial charge on any atom is -0.393 e. The van der Waals surface area contributed by atoms with Crippen molar-refractivity contribution in [1.29, 1.82) is 0 Å². The summed E-state index contributed by atoms with van der Waals surface area (Å²) >= 11 is 10.6. The summed E-state index contributed by atoms with van der Waals surface area (Å²) in [6, 6.07) is 5.18. The van der Waals surface area contributed by atoms with Gasteiger partial charge in [-0.05, 0) is 20.0 Å². The van der Waals surface area contributed by atoms with Crippen molar-refractivity contribution >= 4 is 28.8 Å². The largest absolute Gasteiger partial charge is 0.393 e. The summed E-state index contributed by atoms with van der Waals surface area (Å²) in [6.45, 7) is 2.48. The summed E-state index contributed by atoms with van der Waals surface area (Å²) in [5.74, 6) is -0.358. The van der Waals surface area contributed by atoms with Crippen molar-refractivity contribution in [2.45, 2.75) is 25.9 Å². The van der Waals surface area contributed by atoms with Crippen molar-refractivity contribution < 1.29 is 4.39 Å². The van der Waals surface area contributed by atoms with Crippen molar-refractivity contribution in [2.24, 2.45) is 5.73 Å². The monoisotopic (exact) mass is 274 g/mol. The first-order valence-electron chi connectivity index (χ1n) is 5.33. The molecule has 1 atom stereocenters. The zero-order chi connectivity index (χ0) is 13.0. The maximum atomic E-state index is 13.7. The fraction of sp³-hybridized carbons (Fsp3) is 0.417. The van der Waals surface area contributed by atoms with Crippen LogP contribution in [0.25, 0.3) is 0 Å². The topological polar surface area (TPSA) is 29.3 Å². The van der Waals surface area contributed by atoms with E-state index in [0.717, 1.165) is 0 Å². The Hall–Kier alpha value is -0.710. The number of nitrogens with zero attached hydrogens (tertiary/aromatic N) is 1. The van der Waals surface area contributed by atoms with E-state index in [1.807, 2.05) is 18.9 Å². The van der Waals surface area contributed by atoms with E-state index in [9.17, 15) is 4.39 Å². The molecule has 1 aromatic carbocycles. The fourth-order valence-corrected chi connectivity index (χ4v) is 1.98. The Labute approximate surface area is 112 Å². The smallest absolute Gasteiger partial charge is 0.146 e. The van der Waals surface area contributed by atoms with Gasteiger partial charge in [0.15, 0.2) is 0 Å². The Balaban J connectivity index is 2.70. The molecule has 0 aromatic heterocycles. The highest BCUT2D eigenvalue weighted by Crippen LogP contribution is 2.19. The summed E-state index contributed by atoms with van der Waals surface area (Å²) in [4.78, 5) is 2.46. The summed E-state index contributed by atoms with van der Waals surface area (Å²) in [7, 11) is 1.91. The highest BCUT2D eigenvalue weighted by atomic mass is 35.5. The minimum atomic E-state index is -0.358. The van der Waals surface area contributed by atoms with E-state index in [2.05, 4.69) is 0 Å². The average molecular weight is 275 g/mol. The van der Waals surface area contributed by atoms with Gasteiger partial charge in [0, 0.05) is 24.6 Å². The van der Waals surface area contributed by atoms with Crippen molar-refractivity contribution in [3.8, 4) is 0 Å². The lowest BCUT2D eigenvalue weighted by Crippen LogP contribution is -2.32. The van der Waals surface area contributed by atoms with Crippen molar-refractivity contribution in [3.63, 3.8) is 0 Å². The van der Waals surface area contributed by atoms with Gasteiger partial charge >= 0.3 is 0 Å². The van der Waals surface area contributed by atoms with Gasteiger partial charge < -0.3 is 5.73 Å². The molecule has 94 valence electrons. The van der Waals surface area contributed by atoms with E-state index in [0.29, 0.717) is 23.5 Å². The Morgan fingerprint density at radius 1 is 1.59 bits per heavy atom. The lowest BCUT2D eigenvalue weighted by Gasteiger charge is -2.24. The molecule has 0 bridgehead atoms. The predicted molar refractivity (Wildman–Crippen MR) is 73.7 cm³/mol. The summed E-state index contributed by atoms with van der Waals surface area (Å²) in [5.41, 5.74) is 6.07. The van der Waals surface area contributed by atoms with E-state index in [-0.39, 0.29) is 16.9 Å². The van der Waals surface area contributed by atoms with E-state index in [1.54, 1.807) is 18.2 Å². The molecular formula is C12H16ClFN2S. The van der Waals surface area contributed by atoms with Crippen LogP contribution in [-0.4, -0.2) is 23.0 Å². The third kappa shape index (κ3) is 4.22. The molecule has 0 radical (unpaired) electrons. The Morgan fingerprint density at radius 3 is 2.82 bits per heavy atom. The number of benzene rings is 1. The van der Waals surface area contributed by atoms with Crippen LogP contribution in [-0.2, 0) is 6.54 Å². The van der Waals surface area contributed by atoms with Crippen LogP contribution in [0.2, 0.25) is 5.02 Å². The third-order valence-corrected chi connectivity index (χ3v) is 3.16. The van der Waals surface area contributed by atoms with Crippen LogP contribution in [0, 0.1) is 5.82 Å². The maximum Gasteiger partial charge on any atom is 0.146 e. The van der Waals surface area contributed by atoms with E-state index in [4.69, 9.17) is 29.6 Å². The second-order valence-electron chi connectivity index (χ2n) is 4.15. The predicted octanol–water partition coefficient (Wildman–Crippen LogP) is 2.98. The van der Waals surface area contributed by atoms with Gasteiger partial charge in [0.2, 0.25) is 0 Å². The summed E-state index contributed by atoms with van der Waals surface area (Å²) in [6.07, 6.45) is 0.619. The van der Waals surface area contributed by atoms with Gasteiger partial charge in [-0.3, -0.25) is 4.90 Å². The highest BCUT2D eigenvalue weighted by molar-refractivity contribution is 7.80. The van der Waals surface area contributed by atoms with Crippen molar-refractivity contribution in [3.05, 3.63) is 34.6 Å². The second-order valence-corrected chi connectivity index (χ2v) is 5.08. The Kier molecular flexibility index (Phi) is 5.31. The van der Waals surface area contributed by atoms with Crippen LogP contribution in [0.3, 0.4) is 0 Å². The van der Waals surface area contributed by atoms with E-state index < -0.39 is 0 Å². The number of halogens is 2. The second kappa shape index (κ2) is 6.28. The standard InChI is InChI=1S/C12H16ClFN2S/c1-8(6-11(15)17)16(2)7-9-4-3-5-10(13)12(9)14/h3-5,8H,6-7H2,1-2H3,(H2,15,17). The first-order valence-corrected chi connectivity index (χ1v) is 6.12. The molecule has 2 N–H and O–H groups in total. The van der Waals surface area contributed by atoms with E-state index in [1.165, 1.54) is 0 Å². The van der Waals surface area contributed by atoms with Crippen LogP contribution in [0.1, 0.15) is 18.9 Å². The van der Waals surface area contributed by atoms with Crippen LogP contribution < -0.4 is 5.73 Å². The van der Waals surface area contributed by atoms with Crippen LogP contribution in [0.15, 0.2) is 18.2 Å². The molecule has 0 aliphatic heterocycles. The summed E-state index contributed by atoms with van der Waals surface area (Å²) in [5, 5.41) is 0.151. The zero-order valence-electron chi connectivity index (χ0n) is 9.91. The molecule has 17 heavy (non-hydrogen) atoms. The number of rotatable bonds is 5. The van der Waals surface area contributed by atoms with Crippen LogP contribution >= 0.6 is 23.8 Å². The van der Waals surface area contributed by atoms with Gasteiger partial charge in [-0.25, -0.2) is 4.39 Å². The van der Waals surface area contributed by atoms with Gasteiger partial charge in [-0.2, -0.15) is 0 Å². The molecule has 1 unspecified atom stereocenters. The summed E-state index contributed by atoms with van der Waals surface area (Å²) < 4.78 is 13.7. The first kappa shape index (κ1) is 14.4. The van der Waals surface area contributed by atoms with Gasteiger partial charge in [-0.15, -0.1) is 0 Å². The lowest BCUT2D eigenvalue weighted by atomic mass is 10.1. The SMILES string of the molecule is CC(CC(N)=S)N(C)Cc1cccc(Cl)c1F. The minimum absolute atomic E-state index is 0.151. The van der Waals surface area contributed by atoms with Crippen LogP contribution in [0.4, 0.5) is 4.39 Å². The molecule has 0 spiro atoms. The first-order chi connectivity index (χ1) is 7.91. The molecule has 1 aromatic rings. The Morgan fingerprint density at radius 2 is 2.24 bits per heavy atom. The number of hydrogen-bond donors (Lipinski definition) is 1. The molecule has 0 amide bonds. The normalized spacial score (nSPS) is 12.8. The average Bonchev–Trinajstić information content (AvgIpc) is 2.23. The van der Waals surface area contributed by atoms with Crippen molar-refractivity contribution in [1.82, 2.24) is 4.90 Å². The molecule has 0 heterocycles.